The van der Waals surface area contributed by atoms with Crippen LogP contribution in [0.4, 0.5) is 0 Å². The van der Waals surface area contributed by atoms with E-state index in [-0.39, 0.29) is 30.4 Å². The van der Waals surface area contributed by atoms with Gasteiger partial charge in [0, 0.05) is 32.2 Å². The summed E-state index contributed by atoms with van der Waals surface area (Å²) in [5.74, 6) is 0.261. The van der Waals surface area contributed by atoms with E-state index in [9.17, 15) is 14.7 Å². The molecule has 0 aromatic heterocycles. The second-order valence-corrected chi connectivity index (χ2v) is 7.39. The van der Waals surface area contributed by atoms with Gasteiger partial charge in [0.1, 0.15) is 0 Å². The van der Waals surface area contributed by atoms with Crippen LogP contribution in [0.1, 0.15) is 37.7 Å². The molecule has 5 nitrogen and oxygen atoms in total. The SMILES string of the molecule is O=C(NC1CCC(CO)CC1)C1CC(=O)N(CCc2ccccc2)C1. The van der Waals surface area contributed by atoms with Crippen molar-refractivity contribution in [2.24, 2.45) is 11.8 Å². The Bertz CT molecular complexity index is 582. The van der Waals surface area contributed by atoms with Crippen molar-refractivity contribution in [3.8, 4) is 0 Å². The van der Waals surface area contributed by atoms with Crippen molar-refractivity contribution < 1.29 is 14.7 Å². The van der Waals surface area contributed by atoms with Crippen LogP contribution in [0.3, 0.4) is 0 Å². The van der Waals surface area contributed by atoms with Gasteiger partial charge in [0.2, 0.25) is 11.8 Å². The quantitative estimate of drug-likeness (QED) is 0.826. The summed E-state index contributed by atoms with van der Waals surface area (Å²) in [5.41, 5.74) is 1.21. The summed E-state index contributed by atoms with van der Waals surface area (Å²) < 4.78 is 0. The van der Waals surface area contributed by atoms with Crippen LogP contribution in [0.25, 0.3) is 0 Å². The molecular formula is C20H28N2O3. The zero-order valence-electron chi connectivity index (χ0n) is 14.7. The molecule has 1 aliphatic carbocycles. The number of carbonyl (C=O) groups excluding carboxylic acids is 2. The Balaban J connectivity index is 1.44. The van der Waals surface area contributed by atoms with Gasteiger partial charge in [0.05, 0.1) is 5.92 Å². The average Bonchev–Trinajstić information content (AvgIpc) is 3.02. The fourth-order valence-corrected chi connectivity index (χ4v) is 3.88. The fraction of sp³-hybridized carbons (Fsp3) is 0.600. The summed E-state index contributed by atoms with van der Waals surface area (Å²) in [6, 6.07) is 10.3. The van der Waals surface area contributed by atoms with Crippen molar-refractivity contribution >= 4 is 11.8 Å². The molecule has 0 radical (unpaired) electrons. The third kappa shape index (κ3) is 4.82. The van der Waals surface area contributed by atoms with E-state index in [1.165, 1.54) is 5.56 Å². The van der Waals surface area contributed by atoms with Crippen molar-refractivity contribution in [3.05, 3.63) is 35.9 Å². The van der Waals surface area contributed by atoms with Gasteiger partial charge >= 0.3 is 0 Å². The van der Waals surface area contributed by atoms with E-state index >= 15 is 0 Å². The lowest BCUT2D eigenvalue weighted by Crippen LogP contribution is -2.42. The van der Waals surface area contributed by atoms with Gasteiger partial charge < -0.3 is 15.3 Å². The Labute approximate surface area is 149 Å². The van der Waals surface area contributed by atoms with Gasteiger partial charge in [-0.25, -0.2) is 0 Å². The van der Waals surface area contributed by atoms with E-state index < -0.39 is 0 Å². The van der Waals surface area contributed by atoms with E-state index in [1.807, 2.05) is 23.1 Å². The number of amides is 2. The standard InChI is InChI=1S/C20H28N2O3/c23-14-16-6-8-18(9-7-16)21-20(25)17-12-19(24)22(13-17)11-10-15-4-2-1-3-5-15/h1-5,16-18,23H,6-14H2,(H,21,25). The second kappa shape index (κ2) is 8.48. The number of hydrogen-bond acceptors (Lipinski definition) is 3. The molecule has 1 saturated carbocycles. The van der Waals surface area contributed by atoms with Crippen LogP contribution in [0.2, 0.25) is 0 Å². The summed E-state index contributed by atoms with van der Waals surface area (Å²) in [7, 11) is 0. The minimum absolute atomic E-state index is 0.0167. The molecule has 1 atom stereocenters. The summed E-state index contributed by atoms with van der Waals surface area (Å²) in [4.78, 5) is 26.5. The number of carbonyl (C=O) groups is 2. The Morgan fingerprint density at radius 3 is 2.56 bits per heavy atom. The number of aliphatic hydroxyl groups excluding tert-OH is 1. The van der Waals surface area contributed by atoms with Crippen LogP contribution < -0.4 is 5.32 Å². The highest BCUT2D eigenvalue weighted by molar-refractivity contribution is 5.89. The van der Waals surface area contributed by atoms with Gasteiger partial charge in [-0.3, -0.25) is 9.59 Å². The molecule has 1 aromatic rings. The molecular weight excluding hydrogens is 316 g/mol. The number of benzene rings is 1. The highest BCUT2D eigenvalue weighted by Gasteiger charge is 2.35. The zero-order chi connectivity index (χ0) is 17.6. The molecule has 3 rings (SSSR count). The highest BCUT2D eigenvalue weighted by atomic mass is 16.3. The summed E-state index contributed by atoms with van der Waals surface area (Å²) in [5, 5.41) is 12.3. The highest BCUT2D eigenvalue weighted by Crippen LogP contribution is 2.25. The van der Waals surface area contributed by atoms with E-state index in [0.717, 1.165) is 32.1 Å². The van der Waals surface area contributed by atoms with Crippen LogP contribution in [-0.4, -0.2) is 47.6 Å². The predicted molar refractivity (Wildman–Crippen MR) is 95.8 cm³/mol. The second-order valence-electron chi connectivity index (χ2n) is 7.39. The maximum Gasteiger partial charge on any atom is 0.225 e. The van der Waals surface area contributed by atoms with Gasteiger partial charge in [-0.05, 0) is 43.6 Å². The Morgan fingerprint density at radius 2 is 1.88 bits per heavy atom. The summed E-state index contributed by atoms with van der Waals surface area (Å²) >= 11 is 0. The number of likely N-dealkylation sites (tertiary alicyclic amines) is 1. The molecule has 5 heteroatoms. The van der Waals surface area contributed by atoms with Crippen molar-refractivity contribution in [2.45, 2.75) is 44.6 Å². The Hall–Kier alpha value is -1.88. The molecule has 1 unspecified atom stereocenters. The first-order chi connectivity index (χ1) is 12.2. The Kier molecular flexibility index (Phi) is 6.08. The van der Waals surface area contributed by atoms with Gasteiger partial charge in [0.15, 0.2) is 0 Å². The molecule has 1 aliphatic heterocycles. The van der Waals surface area contributed by atoms with Gasteiger partial charge in [-0.2, -0.15) is 0 Å². The van der Waals surface area contributed by atoms with Gasteiger partial charge in [-0.15, -0.1) is 0 Å². The topological polar surface area (TPSA) is 69.6 Å². The smallest absolute Gasteiger partial charge is 0.225 e. The normalized spacial score (nSPS) is 26.7. The number of rotatable bonds is 6. The lowest BCUT2D eigenvalue weighted by atomic mass is 9.86. The van der Waals surface area contributed by atoms with Crippen LogP contribution in [0.15, 0.2) is 30.3 Å². The van der Waals surface area contributed by atoms with Crippen molar-refractivity contribution in [1.29, 1.82) is 0 Å². The van der Waals surface area contributed by atoms with Gasteiger partial charge in [-0.1, -0.05) is 30.3 Å². The van der Waals surface area contributed by atoms with Crippen LogP contribution in [-0.2, 0) is 16.0 Å². The van der Waals surface area contributed by atoms with Crippen molar-refractivity contribution in [2.75, 3.05) is 19.7 Å². The Morgan fingerprint density at radius 1 is 1.16 bits per heavy atom. The third-order valence-corrected chi connectivity index (χ3v) is 5.55. The van der Waals surface area contributed by atoms with E-state index in [0.29, 0.717) is 25.4 Å². The molecule has 1 aromatic carbocycles. The monoisotopic (exact) mass is 344 g/mol. The third-order valence-electron chi connectivity index (χ3n) is 5.55. The molecule has 2 aliphatic rings. The molecule has 0 spiro atoms. The molecule has 2 N–H and O–H groups in total. The number of hydrogen-bond donors (Lipinski definition) is 2. The van der Waals surface area contributed by atoms with Crippen LogP contribution in [0, 0.1) is 11.8 Å². The molecule has 2 fully saturated rings. The molecule has 25 heavy (non-hydrogen) atoms. The maximum atomic E-state index is 12.5. The predicted octanol–water partition coefficient (Wildman–Crippen LogP) is 1.74. The van der Waals surface area contributed by atoms with Crippen molar-refractivity contribution in [3.63, 3.8) is 0 Å². The van der Waals surface area contributed by atoms with E-state index in [1.54, 1.807) is 0 Å². The molecule has 0 bridgehead atoms. The number of nitrogens with zero attached hydrogens (tertiary/aromatic N) is 1. The fourth-order valence-electron chi connectivity index (χ4n) is 3.88. The minimum atomic E-state index is -0.223. The first-order valence-electron chi connectivity index (χ1n) is 9.38. The van der Waals surface area contributed by atoms with Crippen LogP contribution >= 0.6 is 0 Å². The summed E-state index contributed by atoms with van der Waals surface area (Å²) in [6.07, 6.45) is 4.94. The number of aliphatic hydroxyl groups is 1. The first kappa shape index (κ1) is 17.9. The zero-order valence-corrected chi connectivity index (χ0v) is 14.7. The molecule has 1 saturated heterocycles. The lowest BCUT2D eigenvalue weighted by molar-refractivity contribution is -0.129. The molecule has 2 amide bonds. The maximum absolute atomic E-state index is 12.5. The van der Waals surface area contributed by atoms with Gasteiger partial charge in [0.25, 0.3) is 0 Å². The van der Waals surface area contributed by atoms with Crippen molar-refractivity contribution in [1.82, 2.24) is 10.2 Å². The molecule has 1 heterocycles. The first-order valence-corrected chi connectivity index (χ1v) is 9.38. The number of nitrogens with one attached hydrogen (secondary N) is 1. The largest absolute Gasteiger partial charge is 0.396 e. The summed E-state index contributed by atoms with van der Waals surface area (Å²) in [6.45, 7) is 1.45. The lowest BCUT2D eigenvalue weighted by Gasteiger charge is -2.28. The van der Waals surface area contributed by atoms with Crippen LogP contribution in [0.5, 0.6) is 0 Å². The average molecular weight is 344 g/mol. The minimum Gasteiger partial charge on any atom is -0.396 e. The molecule has 136 valence electrons. The van der Waals surface area contributed by atoms with E-state index in [2.05, 4.69) is 17.4 Å². The van der Waals surface area contributed by atoms with E-state index in [4.69, 9.17) is 0 Å².